The number of nitrogens with one attached hydrogen (secondary N) is 1. The quantitative estimate of drug-likeness (QED) is 0.872. The number of nitrogens with zero attached hydrogens (tertiary/aromatic N) is 2. The molecule has 1 saturated heterocycles. The molecule has 2 heterocycles. The molecule has 0 atom stereocenters. The molecule has 7 nitrogen and oxygen atoms in total. The van der Waals surface area contributed by atoms with E-state index in [1.54, 1.807) is 13.1 Å². The van der Waals surface area contributed by atoms with Crippen LogP contribution in [0, 0.1) is 5.41 Å². The average Bonchev–Trinajstić information content (AvgIpc) is 2.88. The smallest absolute Gasteiger partial charge is 0.311 e. The van der Waals surface area contributed by atoms with Gasteiger partial charge in [0, 0.05) is 32.2 Å². The lowest BCUT2D eigenvalue weighted by molar-refractivity contribution is -0.154. The first kappa shape index (κ1) is 17.5. The van der Waals surface area contributed by atoms with Gasteiger partial charge in [-0.15, -0.1) is 0 Å². The van der Waals surface area contributed by atoms with Gasteiger partial charge in [0.2, 0.25) is 0 Å². The number of aryl methyl sites for hydroxylation is 1. The fourth-order valence-corrected chi connectivity index (χ4v) is 2.61. The van der Waals surface area contributed by atoms with E-state index in [1.807, 2.05) is 20.8 Å². The van der Waals surface area contributed by atoms with Crippen LogP contribution >= 0.6 is 0 Å². The van der Waals surface area contributed by atoms with Crippen LogP contribution in [-0.2, 0) is 22.0 Å². The van der Waals surface area contributed by atoms with Crippen LogP contribution in [-0.4, -0.2) is 46.5 Å². The largest absolute Gasteiger partial charge is 0.481 e. The van der Waals surface area contributed by atoms with Crippen molar-refractivity contribution in [3.05, 3.63) is 17.5 Å². The molecule has 0 radical (unpaired) electrons. The van der Waals surface area contributed by atoms with Crippen LogP contribution in [0.3, 0.4) is 0 Å². The number of hydrogen-bond acceptors (Lipinski definition) is 4. The molecule has 1 fully saturated rings. The second-order valence-electron chi connectivity index (χ2n) is 7.17. The van der Waals surface area contributed by atoms with Gasteiger partial charge in [-0.05, 0) is 18.9 Å². The van der Waals surface area contributed by atoms with Gasteiger partial charge in [0.05, 0.1) is 11.1 Å². The number of carbonyl (C=O) groups excluding carboxylic acids is 1. The molecule has 2 N–H and O–H groups in total. The van der Waals surface area contributed by atoms with Crippen molar-refractivity contribution in [1.29, 1.82) is 0 Å². The maximum absolute atomic E-state index is 12.4. The Morgan fingerprint density at radius 1 is 1.39 bits per heavy atom. The summed E-state index contributed by atoms with van der Waals surface area (Å²) in [4.78, 5) is 24.0. The van der Waals surface area contributed by atoms with Crippen molar-refractivity contribution in [3.63, 3.8) is 0 Å². The zero-order valence-corrected chi connectivity index (χ0v) is 14.2. The summed E-state index contributed by atoms with van der Waals surface area (Å²) in [5.74, 6) is -1.19. The average molecular weight is 323 g/mol. The number of aromatic nitrogens is 2. The fourth-order valence-electron chi connectivity index (χ4n) is 2.61. The molecule has 1 aromatic heterocycles. The van der Waals surface area contributed by atoms with Gasteiger partial charge >= 0.3 is 5.97 Å². The van der Waals surface area contributed by atoms with Crippen molar-refractivity contribution >= 4 is 11.9 Å². The van der Waals surface area contributed by atoms with E-state index in [0.29, 0.717) is 31.7 Å². The Balaban J connectivity index is 2.10. The van der Waals surface area contributed by atoms with Gasteiger partial charge in [0.15, 0.2) is 0 Å². The van der Waals surface area contributed by atoms with Crippen LogP contribution in [0.2, 0.25) is 0 Å². The maximum atomic E-state index is 12.4. The topological polar surface area (TPSA) is 93.5 Å². The molecule has 1 aromatic rings. The minimum absolute atomic E-state index is 0.0978. The normalized spacial score (nSPS) is 17.7. The van der Waals surface area contributed by atoms with E-state index in [0.717, 1.165) is 5.69 Å². The molecule has 0 spiro atoms. The van der Waals surface area contributed by atoms with Crippen molar-refractivity contribution < 1.29 is 19.4 Å². The molecule has 1 aliphatic heterocycles. The summed E-state index contributed by atoms with van der Waals surface area (Å²) in [6, 6.07) is 1.76. The van der Waals surface area contributed by atoms with Gasteiger partial charge in [0.25, 0.3) is 5.91 Å². The second kappa shape index (κ2) is 6.31. The molecule has 0 bridgehead atoms. The second-order valence-corrected chi connectivity index (χ2v) is 7.17. The Morgan fingerprint density at radius 2 is 2.00 bits per heavy atom. The zero-order chi connectivity index (χ0) is 17.3. The van der Waals surface area contributed by atoms with Crippen LogP contribution in [0.15, 0.2) is 6.07 Å². The van der Waals surface area contributed by atoms with E-state index in [4.69, 9.17) is 4.74 Å². The minimum atomic E-state index is -0.945. The highest BCUT2D eigenvalue weighted by atomic mass is 16.5. The first-order valence-electron chi connectivity index (χ1n) is 7.80. The Labute approximate surface area is 136 Å². The van der Waals surface area contributed by atoms with E-state index in [1.165, 1.54) is 4.68 Å². The van der Waals surface area contributed by atoms with Gasteiger partial charge < -0.3 is 15.2 Å². The van der Waals surface area contributed by atoms with Gasteiger partial charge in [-0.3, -0.25) is 14.3 Å². The van der Waals surface area contributed by atoms with E-state index in [-0.39, 0.29) is 17.9 Å². The molecule has 7 heteroatoms. The van der Waals surface area contributed by atoms with E-state index < -0.39 is 11.4 Å². The summed E-state index contributed by atoms with van der Waals surface area (Å²) in [6.45, 7) is 6.99. The monoisotopic (exact) mass is 323 g/mol. The van der Waals surface area contributed by atoms with Crippen molar-refractivity contribution in [2.45, 2.75) is 39.0 Å². The Kier molecular flexibility index (Phi) is 4.79. The van der Waals surface area contributed by atoms with Crippen LogP contribution in [0.25, 0.3) is 0 Å². The number of carboxylic acids is 1. The molecule has 128 valence electrons. The number of carbonyl (C=O) groups is 2. The summed E-state index contributed by atoms with van der Waals surface area (Å²) in [5, 5.41) is 16.6. The summed E-state index contributed by atoms with van der Waals surface area (Å²) in [6.07, 6.45) is 0.808. The lowest BCUT2D eigenvalue weighted by Crippen LogP contribution is -2.46. The first-order chi connectivity index (χ1) is 10.7. The molecular formula is C16H25N3O4. The summed E-state index contributed by atoms with van der Waals surface area (Å²) in [5.41, 5.74) is 0.158. The lowest BCUT2D eigenvalue weighted by atomic mass is 9.80. The SMILES string of the molecule is Cn1nc(C(C)(C)C)cc1C(=O)NCC1(C(=O)O)CCOCC1. The Hall–Kier alpha value is -1.89. The van der Waals surface area contributed by atoms with E-state index in [9.17, 15) is 14.7 Å². The molecule has 1 amide bonds. The van der Waals surface area contributed by atoms with Crippen LogP contribution in [0.4, 0.5) is 0 Å². The van der Waals surface area contributed by atoms with Crippen LogP contribution in [0.1, 0.15) is 49.8 Å². The van der Waals surface area contributed by atoms with Crippen LogP contribution in [0.5, 0.6) is 0 Å². The molecule has 0 unspecified atom stereocenters. The van der Waals surface area contributed by atoms with Crippen molar-refractivity contribution in [1.82, 2.24) is 15.1 Å². The number of rotatable bonds is 4. The standard InChI is InChI=1S/C16H25N3O4/c1-15(2,3)12-9-11(19(4)18-12)13(20)17-10-16(14(21)22)5-7-23-8-6-16/h9H,5-8,10H2,1-4H3,(H,17,20)(H,21,22). The van der Waals surface area contributed by atoms with Gasteiger partial charge in [0.1, 0.15) is 5.69 Å². The molecule has 1 aliphatic rings. The summed E-state index contributed by atoms with van der Waals surface area (Å²) in [7, 11) is 1.71. The van der Waals surface area contributed by atoms with Gasteiger partial charge in [-0.1, -0.05) is 20.8 Å². The predicted octanol–water partition coefficient (Wildman–Crippen LogP) is 1.33. The van der Waals surface area contributed by atoms with Gasteiger partial charge in [-0.2, -0.15) is 5.10 Å². The maximum Gasteiger partial charge on any atom is 0.311 e. The number of ether oxygens (including phenoxy) is 1. The van der Waals surface area contributed by atoms with Crippen molar-refractivity contribution in [2.24, 2.45) is 12.5 Å². The van der Waals surface area contributed by atoms with Gasteiger partial charge in [-0.25, -0.2) is 0 Å². The van der Waals surface area contributed by atoms with Crippen molar-refractivity contribution in [3.8, 4) is 0 Å². The number of aliphatic carboxylic acids is 1. The molecule has 0 aliphatic carbocycles. The Bertz CT molecular complexity index is 595. The Morgan fingerprint density at radius 3 is 2.48 bits per heavy atom. The highest BCUT2D eigenvalue weighted by molar-refractivity contribution is 5.93. The van der Waals surface area contributed by atoms with E-state index in [2.05, 4.69) is 10.4 Å². The third-order valence-electron chi connectivity index (χ3n) is 4.37. The highest BCUT2D eigenvalue weighted by Gasteiger charge is 2.40. The highest BCUT2D eigenvalue weighted by Crippen LogP contribution is 2.30. The molecule has 0 saturated carbocycles. The third kappa shape index (κ3) is 3.72. The summed E-state index contributed by atoms with van der Waals surface area (Å²) >= 11 is 0. The number of carboxylic acid groups (broad SMARTS) is 1. The third-order valence-corrected chi connectivity index (χ3v) is 4.37. The summed E-state index contributed by atoms with van der Waals surface area (Å²) < 4.78 is 6.77. The molecule has 2 rings (SSSR count). The van der Waals surface area contributed by atoms with Crippen LogP contribution < -0.4 is 5.32 Å². The fraction of sp³-hybridized carbons (Fsp3) is 0.688. The number of hydrogen-bond donors (Lipinski definition) is 2. The lowest BCUT2D eigenvalue weighted by Gasteiger charge is -2.33. The van der Waals surface area contributed by atoms with Crippen molar-refractivity contribution in [2.75, 3.05) is 19.8 Å². The first-order valence-corrected chi connectivity index (χ1v) is 7.80. The molecular weight excluding hydrogens is 298 g/mol. The predicted molar refractivity (Wildman–Crippen MR) is 84.4 cm³/mol. The molecule has 23 heavy (non-hydrogen) atoms. The molecule has 0 aromatic carbocycles. The minimum Gasteiger partial charge on any atom is -0.481 e. The number of amides is 1. The van der Waals surface area contributed by atoms with E-state index >= 15 is 0 Å². The zero-order valence-electron chi connectivity index (χ0n) is 14.2.